The molecule has 10 aromatic rings. The monoisotopic (exact) mass is 2000 g/mol. The molecule has 6 saturated carbocycles. The molecule has 6 aliphatic carbocycles. The fourth-order valence-corrected chi connectivity index (χ4v) is 22.2. The van der Waals surface area contributed by atoms with E-state index in [-0.39, 0.29) is 52.1 Å². The fourth-order valence-electron chi connectivity index (χ4n) is 22.2. The average molecular weight is 2000 g/mol. The minimum atomic E-state index is -0.0153. The van der Waals surface area contributed by atoms with Gasteiger partial charge in [0.15, 0.2) is 0 Å². The van der Waals surface area contributed by atoms with Gasteiger partial charge >= 0.3 is 0 Å². The third-order valence-electron chi connectivity index (χ3n) is 31.9. The molecular weight excluding hydrogens is 1860 g/mol. The number of aliphatic imine (C=N–C) groups is 5. The minimum absolute atomic E-state index is 0.00130. The molecule has 0 radical (unpaired) electrons. The summed E-state index contributed by atoms with van der Waals surface area (Å²) >= 11 is 0. The maximum absolute atomic E-state index is 12.9. The molecule has 27 rings (SSSR count). The molecule has 32 heteroatoms. The number of aromatic nitrogens is 10. The summed E-state index contributed by atoms with van der Waals surface area (Å²) in [4.78, 5) is 95.9. The van der Waals surface area contributed by atoms with Crippen molar-refractivity contribution < 1.29 is 52.2 Å². The summed E-state index contributed by atoms with van der Waals surface area (Å²) in [6, 6.07) is 43.9. The Hall–Kier alpha value is -12.9. The summed E-state index contributed by atoms with van der Waals surface area (Å²) in [5.74, 6) is 9.96. The van der Waals surface area contributed by atoms with Gasteiger partial charge < -0.3 is 76.8 Å². The van der Waals surface area contributed by atoms with Crippen LogP contribution in [-0.2, 0) is 61.2 Å². The molecule has 1 amide bonds. The van der Waals surface area contributed by atoms with Crippen LogP contribution >= 0.6 is 0 Å². The van der Waals surface area contributed by atoms with Crippen molar-refractivity contribution in [2.75, 3.05) is 124 Å². The predicted octanol–water partition coefficient (Wildman–Crippen LogP) is 16.9. The van der Waals surface area contributed by atoms with Crippen molar-refractivity contribution in [1.82, 2.24) is 54.7 Å². The zero-order chi connectivity index (χ0) is 101. The molecule has 0 spiro atoms. The number of methoxy groups -OCH3 is 1. The lowest BCUT2D eigenvalue weighted by atomic mass is 9.93. The zero-order valence-electron chi connectivity index (χ0n) is 87.1. The lowest BCUT2D eigenvalue weighted by Gasteiger charge is -2.40. The maximum atomic E-state index is 12.9. The standard InChI is InChI=1S/C26H31N5O2.C24H30N4O2.C22H26N4O3.C22H24N4O2.C22H26N4O2/c1-26(9-10-26)33-20-8-7-18-15-27-25(21(18)13-20)22-14-23(29-17-28-22)30-11-12-31(24(32)16-30)19-5-3-2-4-6-19;1-16(2)10-18-14-29-9-8-28(18)22-12-21(26-15-27-22)23-20-11-19(30-24(3)6-7-24)5-4-17(20)13-25-23;1-22(5-6-22)29-16-4-3-15-11-23-21(18(15)9-16)19-10-20(25-14-24-19)26-7-8-28-17(12-26)13-27-2;1-22(6-7-22)28-17-5-2-14-10-23-21(18(14)8-17)19-9-20(25-13-24-19)26-15-3-4-16(26)12-27-11-15;1-14-11-27-12-15(2)26(14)20-9-19(24-13-25-20)21-18-8-17(28-22(3)6-7-22)5-4-16(18)10-23-21/h7-8,13-14,17,19H,2-6,9-12,15-16H2,1H3;4-5,11-12,15-16,18H,6-10,13-14H2,1-3H3;3-4,9-10,14,17H,5-8,11-13H2,1-2H3;2,5,8-9,13,15-16H,3-4,6-7,10-12H2,1H3;4-5,8-9,13-15H,6-7,10-12H2,1-3H3/t;;;;14-,15-/m....1/s1. The van der Waals surface area contributed by atoms with Crippen LogP contribution < -0.4 is 48.2 Å². The molecule has 17 aliphatic rings. The van der Waals surface area contributed by atoms with Crippen LogP contribution in [0.15, 0.2) is 178 Å². The molecule has 11 aliphatic heterocycles. The van der Waals surface area contributed by atoms with Crippen molar-refractivity contribution in [3.63, 3.8) is 0 Å². The first-order chi connectivity index (χ1) is 71.9. The summed E-state index contributed by atoms with van der Waals surface area (Å²) in [7, 11) is 1.70. The van der Waals surface area contributed by atoms with Crippen molar-refractivity contribution in [2.45, 2.75) is 281 Å². The number of hydrogen-bond acceptors (Lipinski definition) is 31. The Kier molecular flexibility index (Phi) is 27.7. The van der Waals surface area contributed by atoms with Gasteiger partial charge in [0.05, 0.1) is 185 Å². The first kappa shape index (κ1) is 98.5. The van der Waals surface area contributed by atoms with E-state index in [1.165, 1.54) is 59.9 Å². The second-order valence-electron chi connectivity index (χ2n) is 44.7. The van der Waals surface area contributed by atoms with Gasteiger partial charge in [-0.1, -0.05) is 63.4 Å². The molecular formula is C116H137N21O11. The Balaban J connectivity index is 0.000000102. The highest BCUT2D eigenvalue weighted by molar-refractivity contribution is 6.17. The number of anilines is 5. The van der Waals surface area contributed by atoms with Gasteiger partial charge in [0.2, 0.25) is 5.91 Å². The Labute approximate surface area is 866 Å². The van der Waals surface area contributed by atoms with Gasteiger partial charge in [-0.05, 0) is 239 Å². The number of nitrogens with zero attached hydrogens (tertiary/aromatic N) is 21. The van der Waals surface area contributed by atoms with Crippen LogP contribution in [0.1, 0.15) is 262 Å². The molecule has 5 aromatic heterocycles. The highest BCUT2D eigenvalue weighted by Crippen LogP contribution is 2.47. The quantitative estimate of drug-likeness (QED) is 0.0513. The molecule has 2 bridgehead atoms. The van der Waals surface area contributed by atoms with E-state index in [2.05, 4.69) is 245 Å². The van der Waals surface area contributed by atoms with E-state index in [0.717, 1.165) is 285 Å². The van der Waals surface area contributed by atoms with Gasteiger partial charge in [-0.25, -0.2) is 49.8 Å². The van der Waals surface area contributed by atoms with Gasteiger partial charge in [0, 0.05) is 104 Å². The number of carbonyl (C=O) groups is 1. The van der Waals surface area contributed by atoms with Crippen molar-refractivity contribution in [2.24, 2.45) is 30.9 Å². The topological polar surface area (TPSA) is 320 Å². The largest absolute Gasteiger partial charge is 0.488 e. The number of hydrogen-bond donors (Lipinski definition) is 0. The van der Waals surface area contributed by atoms with Gasteiger partial charge in [0.1, 0.15) is 117 Å². The average Bonchev–Trinajstić information content (AvgIpc) is 1.63. The summed E-state index contributed by atoms with van der Waals surface area (Å²) < 4.78 is 59.0. The molecule has 32 nitrogen and oxygen atoms in total. The first-order valence-electron chi connectivity index (χ1n) is 53.9. The maximum Gasteiger partial charge on any atom is 0.242 e. The highest BCUT2D eigenvalue weighted by atomic mass is 16.5. The Bertz CT molecular complexity index is 6610. The van der Waals surface area contributed by atoms with Crippen LogP contribution in [0, 0.1) is 5.92 Å². The van der Waals surface area contributed by atoms with Gasteiger partial charge in [-0.3, -0.25) is 29.8 Å². The Morgan fingerprint density at radius 1 is 0.365 bits per heavy atom. The van der Waals surface area contributed by atoms with Crippen molar-refractivity contribution in [3.05, 3.63) is 237 Å². The summed E-state index contributed by atoms with van der Waals surface area (Å²) in [5.41, 5.74) is 20.6. The van der Waals surface area contributed by atoms with Crippen LogP contribution in [0.4, 0.5) is 29.1 Å². The van der Waals surface area contributed by atoms with E-state index in [1.54, 1.807) is 38.7 Å². The number of amides is 1. The van der Waals surface area contributed by atoms with E-state index < -0.39 is 0 Å². The number of morpholine rings is 4. The molecule has 6 saturated heterocycles. The molecule has 148 heavy (non-hydrogen) atoms. The first-order valence-corrected chi connectivity index (χ1v) is 53.9. The second-order valence-corrected chi connectivity index (χ2v) is 44.7. The second kappa shape index (κ2) is 41.6. The zero-order valence-corrected chi connectivity index (χ0v) is 87.1. The number of fused-ring (bicyclic) bond motifs is 7. The molecule has 6 atom stereocenters. The molecule has 12 fully saturated rings. The Morgan fingerprint density at radius 3 is 1.11 bits per heavy atom. The molecule has 5 aromatic carbocycles. The van der Waals surface area contributed by atoms with E-state index in [9.17, 15) is 4.79 Å². The minimum Gasteiger partial charge on any atom is -0.488 e. The Morgan fingerprint density at radius 2 is 0.730 bits per heavy atom. The normalized spacial score (nSPS) is 23.6. The number of benzene rings is 5. The smallest absolute Gasteiger partial charge is 0.242 e. The third-order valence-corrected chi connectivity index (χ3v) is 31.9. The van der Waals surface area contributed by atoms with Crippen LogP contribution in [0.2, 0.25) is 0 Å². The summed E-state index contributed by atoms with van der Waals surface area (Å²) in [6.45, 7) is 33.2. The number of rotatable bonds is 25. The van der Waals surface area contributed by atoms with Gasteiger partial charge in [-0.2, -0.15) is 0 Å². The van der Waals surface area contributed by atoms with Crippen molar-refractivity contribution in [3.8, 4) is 28.7 Å². The van der Waals surface area contributed by atoms with Crippen LogP contribution in [0.3, 0.4) is 0 Å². The van der Waals surface area contributed by atoms with Crippen LogP contribution in [-0.4, -0.2) is 259 Å². The fraction of sp³-hybridized carbons (Fsp3) is 0.517. The lowest BCUT2D eigenvalue weighted by molar-refractivity contribution is -0.134. The SMILES string of the molecule is CC(C)CC1COCCN1c1cc(C2=NCc3ccc(OC4(C)CC4)cc32)ncn1.CC1(Oc2ccc3c(c2)C(c2cc(N4C5CCC4COC5)ncn2)=NC3)CC1.CC1(Oc2ccc3c(c2)C(c2cc(N4CCN(C5CCCCC5)C(=O)C4)ncn2)=NC3)CC1.COCC1CN(c2cc(C3=NCc4ccc(OC5(C)CC5)cc43)ncn2)CCO1.C[C@@H]1COC[C@@H](C)N1c1cc(C2=NCc3ccc(OC4(C)CC4)cc32)ncn1. The van der Waals surface area contributed by atoms with Crippen LogP contribution in [0.25, 0.3) is 0 Å². The van der Waals surface area contributed by atoms with Crippen molar-refractivity contribution in [1.29, 1.82) is 0 Å². The molecule has 772 valence electrons. The summed E-state index contributed by atoms with van der Waals surface area (Å²) in [6.07, 6.45) is 28.9. The highest BCUT2D eigenvalue weighted by Gasteiger charge is 2.47. The van der Waals surface area contributed by atoms with Crippen molar-refractivity contribution >= 4 is 63.6 Å². The van der Waals surface area contributed by atoms with E-state index >= 15 is 0 Å². The third kappa shape index (κ3) is 22.3. The number of ether oxygens (including phenoxy) is 10. The molecule has 4 unspecified atom stereocenters. The molecule has 16 heterocycles. The predicted molar refractivity (Wildman–Crippen MR) is 569 cm³/mol. The number of piperazine rings is 1. The summed E-state index contributed by atoms with van der Waals surface area (Å²) in [5, 5.41) is 0. The van der Waals surface area contributed by atoms with Gasteiger partial charge in [-0.15, -0.1) is 0 Å². The van der Waals surface area contributed by atoms with E-state index in [0.29, 0.717) is 95.8 Å². The van der Waals surface area contributed by atoms with E-state index in [1.807, 2.05) is 18.2 Å². The lowest BCUT2D eigenvalue weighted by Crippen LogP contribution is -2.54. The van der Waals surface area contributed by atoms with Crippen LogP contribution in [0.5, 0.6) is 28.7 Å². The van der Waals surface area contributed by atoms with Gasteiger partial charge in [0.25, 0.3) is 0 Å². The van der Waals surface area contributed by atoms with E-state index in [4.69, 9.17) is 72.3 Å². The molecule has 0 N–H and O–H groups in total. The number of carbonyl (C=O) groups excluding carboxylic acids is 1.